The van der Waals surface area contributed by atoms with Gasteiger partial charge in [-0.1, -0.05) is 28.2 Å². The van der Waals surface area contributed by atoms with Crippen LogP contribution in [0.3, 0.4) is 0 Å². The standard InChI is InChI=1S/C19H23ClN2O5S/c1-13(14-6-9-16(26-4)10-7-14)21(2)19(23)15-8-11-17(20)18(12-15)28(24,25)22(3)27-5/h6-13H,1-5H3. The summed E-state index contributed by atoms with van der Waals surface area (Å²) >= 11 is 6.05. The Balaban J connectivity index is 2.34. The largest absolute Gasteiger partial charge is 0.497 e. The molecule has 0 saturated heterocycles. The number of nitrogens with zero attached hydrogens (tertiary/aromatic N) is 2. The predicted octanol–water partition coefficient (Wildman–Crippen LogP) is 3.36. The van der Waals surface area contributed by atoms with E-state index < -0.39 is 10.0 Å². The molecule has 1 atom stereocenters. The topological polar surface area (TPSA) is 76.2 Å². The van der Waals surface area contributed by atoms with Gasteiger partial charge in [0.05, 0.1) is 25.3 Å². The summed E-state index contributed by atoms with van der Waals surface area (Å²) in [6, 6.07) is 11.3. The van der Waals surface area contributed by atoms with Gasteiger partial charge in [0.1, 0.15) is 10.6 Å². The van der Waals surface area contributed by atoms with E-state index in [1.165, 1.54) is 37.3 Å². The number of halogens is 1. The Kier molecular flexibility index (Phi) is 7.06. The fourth-order valence-corrected chi connectivity index (χ4v) is 4.03. The van der Waals surface area contributed by atoms with Gasteiger partial charge in [0, 0.05) is 19.7 Å². The Morgan fingerprint density at radius 2 is 1.68 bits per heavy atom. The zero-order chi connectivity index (χ0) is 21.1. The molecular formula is C19H23ClN2O5S. The van der Waals surface area contributed by atoms with Crippen molar-refractivity contribution in [3.63, 3.8) is 0 Å². The number of hydroxylamine groups is 1. The Labute approximate surface area is 170 Å². The summed E-state index contributed by atoms with van der Waals surface area (Å²) in [4.78, 5) is 19.0. The summed E-state index contributed by atoms with van der Waals surface area (Å²) < 4.78 is 30.9. The lowest BCUT2D eigenvalue weighted by Crippen LogP contribution is -2.30. The monoisotopic (exact) mass is 426 g/mol. The van der Waals surface area contributed by atoms with Crippen LogP contribution in [0.1, 0.15) is 28.9 Å². The molecule has 0 aliphatic carbocycles. The van der Waals surface area contributed by atoms with Crippen molar-refractivity contribution < 1.29 is 22.8 Å². The maximum Gasteiger partial charge on any atom is 0.266 e. The quantitative estimate of drug-likeness (QED) is 0.634. The van der Waals surface area contributed by atoms with Crippen molar-refractivity contribution in [1.82, 2.24) is 9.37 Å². The van der Waals surface area contributed by atoms with Crippen molar-refractivity contribution in [2.24, 2.45) is 0 Å². The average molecular weight is 427 g/mol. The van der Waals surface area contributed by atoms with E-state index >= 15 is 0 Å². The molecule has 152 valence electrons. The Hall–Kier alpha value is -2.13. The molecule has 0 N–H and O–H groups in total. The van der Waals surface area contributed by atoms with E-state index in [9.17, 15) is 13.2 Å². The molecule has 2 rings (SSSR count). The number of sulfonamides is 1. The average Bonchev–Trinajstić information content (AvgIpc) is 2.71. The zero-order valence-electron chi connectivity index (χ0n) is 16.3. The van der Waals surface area contributed by atoms with Gasteiger partial charge in [0.2, 0.25) is 0 Å². The number of carbonyl (C=O) groups excluding carboxylic acids is 1. The minimum atomic E-state index is -3.99. The van der Waals surface area contributed by atoms with E-state index in [4.69, 9.17) is 21.2 Å². The molecule has 0 heterocycles. The van der Waals surface area contributed by atoms with Crippen LogP contribution in [-0.4, -0.2) is 52.0 Å². The highest BCUT2D eigenvalue weighted by Crippen LogP contribution is 2.28. The third-order valence-electron chi connectivity index (χ3n) is 4.55. The molecule has 28 heavy (non-hydrogen) atoms. The first-order chi connectivity index (χ1) is 13.1. The lowest BCUT2D eigenvalue weighted by Gasteiger charge is -2.26. The minimum Gasteiger partial charge on any atom is -0.497 e. The first-order valence-corrected chi connectivity index (χ1v) is 10.2. The highest BCUT2D eigenvalue weighted by atomic mass is 35.5. The van der Waals surface area contributed by atoms with Gasteiger partial charge in [-0.05, 0) is 42.8 Å². The Bertz CT molecular complexity index is 947. The number of hydrogen-bond acceptors (Lipinski definition) is 5. The summed E-state index contributed by atoms with van der Waals surface area (Å²) in [5.41, 5.74) is 1.12. The molecule has 0 saturated carbocycles. The van der Waals surface area contributed by atoms with Crippen molar-refractivity contribution >= 4 is 27.5 Å². The van der Waals surface area contributed by atoms with E-state index in [-0.39, 0.29) is 27.4 Å². The first-order valence-electron chi connectivity index (χ1n) is 8.37. The van der Waals surface area contributed by atoms with Crippen molar-refractivity contribution in [2.45, 2.75) is 17.9 Å². The molecule has 0 aliphatic heterocycles. The molecule has 0 aromatic heterocycles. The third-order valence-corrected chi connectivity index (χ3v) is 6.71. The summed E-state index contributed by atoms with van der Waals surface area (Å²) in [5, 5.41) is 0.00584. The highest BCUT2D eigenvalue weighted by molar-refractivity contribution is 7.89. The van der Waals surface area contributed by atoms with E-state index in [1.54, 1.807) is 14.2 Å². The second-order valence-corrected chi connectivity index (χ2v) is 8.42. The van der Waals surface area contributed by atoms with Gasteiger partial charge in [-0.15, -0.1) is 0 Å². The molecule has 1 unspecified atom stereocenters. The normalized spacial score (nSPS) is 12.7. The fourth-order valence-electron chi connectivity index (χ4n) is 2.56. The number of methoxy groups -OCH3 is 1. The molecule has 0 fully saturated rings. The van der Waals surface area contributed by atoms with Crippen LogP contribution in [0, 0.1) is 0 Å². The van der Waals surface area contributed by atoms with Crippen LogP contribution in [0.4, 0.5) is 0 Å². The SMILES string of the molecule is COc1ccc(C(C)N(C)C(=O)c2ccc(Cl)c(S(=O)(=O)N(C)OC)c2)cc1. The first kappa shape index (κ1) is 22.2. The predicted molar refractivity (Wildman–Crippen MR) is 107 cm³/mol. The van der Waals surface area contributed by atoms with Crippen LogP contribution >= 0.6 is 11.6 Å². The van der Waals surface area contributed by atoms with Gasteiger partial charge in [0.25, 0.3) is 15.9 Å². The lowest BCUT2D eigenvalue weighted by atomic mass is 10.1. The smallest absolute Gasteiger partial charge is 0.266 e. The molecule has 0 spiro atoms. The minimum absolute atomic E-state index is 0.00584. The van der Waals surface area contributed by atoms with Crippen LogP contribution in [0.15, 0.2) is 47.4 Å². The van der Waals surface area contributed by atoms with Gasteiger partial charge < -0.3 is 9.64 Å². The van der Waals surface area contributed by atoms with Gasteiger partial charge >= 0.3 is 0 Å². The van der Waals surface area contributed by atoms with Crippen LogP contribution in [0.2, 0.25) is 5.02 Å². The molecule has 0 aliphatic rings. The second-order valence-electron chi connectivity index (χ2n) is 6.11. The maximum atomic E-state index is 12.9. The summed E-state index contributed by atoms with van der Waals surface area (Å²) in [6.45, 7) is 1.88. The van der Waals surface area contributed by atoms with Gasteiger partial charge in [0.15, 0.2) is 0 Å². The van der Waals surface area contributed by atoms with Gasteiger partial charge in [-0.2, -0.15) is 0 Å². The molecule has 7 nitrogen and oxygen atoms in total. The number of ether oxygens (including phenoxy) is 1. The fraction of sp³-hybridized carbons (Fsp3) is 0.316. The van der Waals surface area contributed by atoms with Gasteiger partial charge in [-0.25, -0.2) is 8.42 Å². The second kappa shape index (κ2) is 8.91. The van der Waals surface area contributed by atoms with Crippen LogP contribution < -0.4 is 4.74 Å². The van der Waals surface area contributed by atoms with Crippen LogP contribution in [-0.2, 0) is 14.9 Å². The maximum absolute atomic E-state index is 12.9. The number of hydrogen-bond donors (Lipinski definition) is 0. The molecule has 0 bridgehead atoms. The summed E-state index contributed by atoms with van der Waals surface area (Å²) in [5.74, 6) is 0.385. The third kappa shape index (κ3) is 4.47. The van der Waals surface area contributed by atoms with E-state index in [0.29, 0.717) is 4.47 Å². The number of rotatable bonds is 7. The highest BCUT2D eigenvalue weighted by Gasteiger charge is 2.26. The molecule has 2 aromatic carbocycles. The number of carbonyl (C=O) groups is 1. The lowest BCUT2D eigenvalue weighted by molar-refractivity contribution is -0.0258. The van der Waals surface area contributed by atoms with Crippen molar-refractivity contribution in [3.05, 3.63) is 58.6 Å². The van der Waals surface area contributed by atoms with Crippen LogP contribution in [0.5, 0.6) is 5.75 Å². The van der Waals surface area contributed by atoms with Gasteiger partial charge in [-0.3, -0.25) is 9.63 Å². The molecule has 1 amide bonds. The number of amides is 1. The van der Waals surface area contributed by atoms with E-state index in [0.717, 1.165) is 11.3 Å². The molecular weight excluding hydrogens is 404 g/mol. The summed E-state index contributed by atoms with van der Waals surface area (Å²) in [6.07, 6.45) is 0. The zero-order valence-corrected chi connectivity index (χ0v) is 17.9. The Morgan fingerprint density at radius 3 is 2.21 bits per heavy atom. The van der Waals surface area contributed by atoms with E-state index in [1.807, 2.05) is 31.2 Å². The summed E-state index contributed by atoms with van der Waals surface area (Å²) in [7, 11) is 1.73. The molecule has 2 aromatic rings. The molecule has 9 heteroatoms. The van der Waals surface area contributed by atoms with Crippen molar-refractivity contribution in [2.75, 3.05) is 28.3 Å². The van der Waals surface area contributed by atoms with E-state index in [2.05, 4.69) is 0 Å². The molecule has 0 radical (unpaired) electrons. The number of benzene rings is 2. The Morgan fingerprint density at radius 1 is 1.07 bits per heavy atom. The van der Waals surface area contributed by atoms with Crippen molar-refractivity contribution in [3.8, 4) is 5.75 Å². The van der Waals surface area contributed by atoms with Crippen LogP contribution in [0.25, 0.3) is 0 Å². The van der Waals surface area contributed by atoms with Crippen molar-refractivity contribution in [1.29, 1.82) is 0 Å².